The van der Waals surface area contributed by atoms with Gasteiger partial charge in [-0.2, -0.15) is 0 Å². The van der Waals surface area contributed by atoms with E-state index in [1.54, 1.807) is 6.26 Å². The first-order chi connectivity index (χ1) is 6.72. The SMILES string of the molecule is CNCc1coc2c(Br)cc(F)cc12. The second-order valence-electron chi connectivity index (χ2n) is 3.06. The first kappa shape index (κ1) is 9.68. The second kappa shape index (κ2) is 3.71. The van der Waals surface area contributed by atoms with Gasteiger partial charge in [0.05, 0.1) is 10.7 Å². The van der Waals surface area contributed by atoms with E-state index in [-0.39, 0.29) is 5.82 Å². The Labute approximate surface area is 89.2 Å². The highest BCUT2D eigenvalue weighted by atomic mass is 79.9. The summed E-state index contributed by atoms with van der Waals surface area (Å²) in [6.07, 6.45) is 1.64. The fourth-order valence-corrected chi connectivity index (χ4v) is 1.97. The molecular weight excluding hydrogens is 249 g/mol. The monoisotopic (exact) mass is 257 g/mol. The first-order valence-corrected chi connectivity index (χ1v) is 5.01. The molecule has 2 aromatic rings. The second-order valence-corrected chi connectivity index (χ2v) is 3.91. The van der Waals surface area contributed by atoms with Crippen molar-refractivity contribution in [3.05, 3.63) is 34.2 Å². The van der Waals surface area contributed by atoms with E-state index in [4.69, 9.17) is 4.42 Å². The molecule has 0 saturated carbocycles. The average Bonchev–Trinajstić information content (AvgIpc) is 2.49. The van der Waals surface area contributed by atoms with Crippen molar-refractivity contribution in [3.63, 3.8) is 0 Å². The Bertz CT molecular complexity index is 466. The van der Waals surface area contributed by atoms with Crippen LogP contribution in [0, 0.1) is 5.82 Å². The molecule has 1 heterocycles. The summed E-state index contributed by atoms with van der Waals surface area (Å²) in [7, 11) is 1.84. The van der Waals surface area contributed by atoms with Crippen molar-refractivity contribution < 1.29 is 8.81 Å². The summed E-state index contributed by atoms with van der Waals surface area (Å²) in [6.45, 7) is 0.670. The van der Waals surface area contributed by atoms with Gasteiger partial charge in [-0.3, -0.25) is 0 Å². The number of fused-ring (bicyclic) bond motifs is 1. The van der Waals surface area contributed by atoms with Gasteiger partial charge in [0.2, 0.25) is 0 Å². The quantitative estimate of drug-likeness (QED) is 0.895. The molecule has 1 N–H and O–H groups in total. The Morgan fingerprint density at radius 3 is 3.00 bits per heavy atom. The predicted octanol–water partition coefficient (Wildman–Crippen LogP) is 3.05. The number of halogens is 2. The van der Waals surface area contributed by atoms with Gasteiger partial charge in [0, 0.05) is 17.5 Å². The van der Waals surface area contributed by atoms with Crippen molar-refractivity contribution in [2.45, 2.75) is 6.54 Å². The minimum absolute atomic E-state index is 0.261. The van der Waals surface area contributed by atoms with E-state index in [0.29, 0.717) is 16.6 Å². The van der Waals surface area contributed by atoms with Crippen LogP contribution in [-0.4, -0.2) is 7.05 Å². The van der Waals surface area contributed by atoms with Crippen LogP contribution in [0.1, 0.15) is 5.56 Å². The van der Waals surface area contributed by atoms with Crippen molar-refractivity contribution in [1.82, 2.24) is 5.32 Å². The summed E-state index contributed by atoms with van der Waals surface area (Å²) in [4.78, 5) is 0. The van der Waals surface area contributed by atoms with Crippen LogP contribution in [0.2, 0.25) is 0 Å². The van der Waals surface area contributed by atoms with Crippen LogP contribution < -0.4 is 5.32 Å². The van der Waals surface area contributed by atoms with E-state index < -0.39 is 0 Å². The van der Waals surface area contributed by atoms with Crippen LogP contribution in [0.5, 0.6) is 0 Å². The molecule has 0 atom stereocenters. The zero-order chi connectivity index (χ0) is 10.1. The third-order valence-corrected chi connectivity index (χ3v) is 2.63. The molecule has 0 radical (unpaired) electrons. The molecule has 14 heavy (non-hydrogen) atoms. The number of rotatable bonds is 2. The molecule has 2 rings (SSSR count). The summed E-state index contributed by atoms with van der Waals surface area (Å²) in [6, 6.07) is 2.88. The van der Waals surface area contributed by atoms with Gasteiger partial charge in [0.1, 0.15) is 11.4 Å². The maximum atomic E-state index is 13.1. The molecule has 0 aliphatic heterocycles. The molecule has 0 spiro atoms. The van der Waals surface area contributed by atoms with Gasteiger partial charge in [-0.25, -0.2) is 4.39 Å². The molecule has 2 nitrogen and oxygen atoms in total. The van der Waals surface area contributed by atoms with Crippen LogP contribution in [0.4, 0.5) is 4.39 Å². The lowest BCUT2D eigenvalue weighted by molar-refractivity contribution is 0.601. The maximum Gasteiger partial charge on any atom is 0.148 e. The summed E-state index contributed by atoms with van der Waals surface area (Å²) in [5.41, 5.74) is 1.65. The Kier molecular flexibility index (Phi) is 2.56. The molecular formula is C10H9BrFNO. The van der Waals surface area contributed by atoms with E-state index in [9.17, 15) is 4.39 Å². The van der Waals surface area contributed by atoms with E-state index in [0.717, 1.165) is 10.9 Å². The molecule has 4 heteroatoms. The zero-order valence-corrected chi connectivity index (χ0v) is 9.19. The van der Waals surface area contributed by atoms with Crippen LogP contribution in [0.15, 0.2) is 27.3 Å². The highest BCUT2D eigenvalue weighted by molar-refractivity contribution is 9.10. The summed E-state index contributed by atoms with van der Waals surface area (Å²) >= 11 is 3.26. The summed E-state index contributed by atoms with van der Waals surface area (Å²) < 4.78 is 19.1. The smallest absolute Gasteiger partial charge is 0.148 e. The third kappa shape index (κ3) is 1.55. The lowest BCUT2D eigenvalue weighted by Crippen LogP contribution is -2.03. The van der Waals surface area contributed by atoms with Crippen LogP contribution in [-0.2, 0) is 6.54 Å². The Morgan fingerprint density at radius 2 is 2.29 bits per heavy atom. The Balaban J connectivity index is 2.66. The van der Waals surface area contributed by atoms with Gasteiger partial charge in [-0.05, 0) is 35.1 Å². The van der Waals surface area contributed by atoms with Gasteiger partial charge in [-0.1, -0.05) is 0 Å². The molecule has 0 bridgehead atoms. The first-order valence-electron chi connectivity index (χ1n) is 4.22. The van der Waals surface area contributed by atoms with Crippen molar-refractivity contribution in [3.8, 4) is 0 Å². The Morgan fingerprint density at radius 1 is 1.50 bits per heavy atom. The minimum atomic E-state index is -0.261. The highest BCUT2D eigenvalue weighted by Gasteiger charge is 2.09. The predicted molar refractivity (Wildman–Crippen MR) is 56.6 cm³/mol. The topological polar surface area (TPSA) is 25.2 Å². The minimum Gasteiger partial charge on any atom is -0.463 e. The molecule has 0 aliphatic rings. The third-order valence-electron chi connectivity index (χ3n) is 2.04. The number of hydrogen-bond donors (Lipinski definition) is 1. The molecule has 0 amide bonds. The van der Waals surface area contributed by atoms with E-state index in [1.807, 2.05) is 7.05 Å². The standard InChI is InChI=1S/C10H9BrFNO/c1-13-4-6-5-14-10-8(6)2-7(12)3-9(10)11/h2-3,5,13H,4H2,1H3. The number of benzene rings is 1. The maximum absolute atomic E-state index is 13.1. The normalized spacial score (nSPS) is 11.1. The van der Waals surface area contributed by atoms with Crippen LogP contribution >= 0.6 is 15.9 Å². The van der Waals surface area contributed by atoms with Gasteiger partial charge in [0.15, 0.2) is 0 Å². The van der Waals surface area contributed by atoms with E-state index in [2.05, 4.69) is 21.2 Å². The van der Waals surface area contributed by atoms with Crippen molar-refractivity contribution in [2.75, 3.05) is 7.05 Å². The van der Waals surface area contributed by atoms with Gasteiger partial charge in [-0.15, -0.1) is 0 Å². The van der Waals surface area contributed by atoms with Gasteiger partial charge >= 0.3 is 0 Å². The molecule has 1 aromatic carbocycles. The number of hydrogen-bond acceptors (Lipinski definition) is 2. The Hall–Kier alpha value is -0.870. The molecule has 0 fully saturated rings. The van der Waals surface area contributed by atoms with Crippen molar-refractivity contribution >= 4 is 26.9 Å². The molecule has 0 unspecified atom stereocenters. The summed E-state index contributed by atoms with van der Waals surface area (Å²) in [5, 5.41) is 3.81. The molecule has 0 aliphatic carbocycles. The number of nitrogens with one attached hydrogen (secondary N) is 1. The average molecular weight is 258 g/mol. The van der Waals surface area contributed by atoms with Gasteiger partial charge < -0.3 is 9.73 Å². The number of furan rings is 1. The lowest BCUT2D eigenvalue weighted by atomic mass is 10.2. The van der Waals surface area contributed by atoms with Crippen LogP contribution in [0.25, 0.3) is 11.0 Å². The zero-order valence-electron chi connectivity index (χ0n) is 7.60. The van der Waals surface area contributed by atoms with Crippen LogP contribution in [0.3, 0.4) is 0 Å². The van der Waals surface area contributed by atoms with E-state index in [1.165, 1.54) is 12.1 Å². The summed E-state index contributed by atoms with van der Waals surface area (Å²) in [5.74, 6) is -0.261. The lowest BCUT2D eigenvalue weighted by Gasteiger charge is -1.97. The molecule has 1 aromatic heterocycles. The highest BCUT2D eigenvalue weighted by Crippen LogP contribution is 2.29. The largest absolute Gasteiger partial charge is 0.463 e. The molecule has 74 valence electrons. The van der Waals surface area contributed by atoms with Crippen molar-refractivity contribution in [2.24, 2.45) is 0 Å². The fourth-order valence-electron chi connectivity index (χ4n) is 1.44. The van der Waals surface area contributed by atoms with Crippen molar-refractivity contribution in [1.29, 1.82) is 0 Å². The fraction of sp³-hybridized carbons (Fsp3) is 0.200. The molecule has 0 saturated heterocycles. The van der Waals surface area contributed by atoms with Gasteiger partial charge in [0.25, 0.3) is 0 Å². The van der Waals surface area contributed by atoms with E-state index >= 15 is 0 Å².